The maximum absolute atomic E-state index is 12.9. The lowest BCUT2D eigenvalue weighted by atomic mass is 9.75. The van der Waals surface area contributed by atoms with Crippen molar-refractivity contribution in [3.05, 3.63) is 95.7 Å². The largest absolute Gasteiger partial charge is 0.492 e. The first-order valence-corrected chi connectivity index (χ1v) is 27.0. The number of hydrogen-bond acceptors (Lipinski definition) is 17. The van der Waals surface area contributed by atoms with E-state index in [0.29, 0.717) is 105 Å². The Labute approximate surface area is 427 Å². The SMILES string of the molecule is CC1(CCCCCC(=O)On2c(O)ccc2O)C2=CC=CC=CC3=[N+](CCCSOOO)c4ccc(S(=O)(=O)O)cc4C3(C)CCCCC(=O)NCCNC(=O)CCCCCN2c2ccc(SOOO)cc21. The van der Waals surface area contributed by atoms with Crippen molar-refractivity contribution >= 4 is 69.1 Å². The Kier molecular flexibility index (Phi) is 20.8. The van der Waals surface area contributed by atoms with E-state index in [4.69, 9.17) is 19.7 Å². The van der Waals surface area contributed by atoms with Crippen molar-refractivity contribution in [3.63, 3.8) is 0 Å². The Morgan fingerprint density at radius 1 is 0.819 bits per heavy atom. The number of allylic oxidation sites excluding steroid dienone is 6. The van der Waals surface area contributed by atoms with Crippen molar-refractivity contribution < 1.29 is 76.2 Å². The highest BCUT2D eigenvalue weighted by Crippen LogP contribution is 2.52. The van der Waals surface area contributed by atoms with Crippen molar-refractivity contribution in [2.75, 3.05) is 36.8 Å². The summed E-state index contributed by atoms with van der Waals surface area (Å²) in [6, 6.07) is 12.9. The predicted molar refractivity (Wildman–Crippen MR) is 269 cm³/mol. The molecule has 23 heteroatoms. The van der Waals surface area contributed by atoms with Crippen molar-refractivity contribution in [2.45, 2.75) is 124 Å². The summed E-state index contributed by atoms with van der Waals surface area (Å²) < 4.78 is 47.3. The zero-order chi connectivity index (χ0) is 51.7. The predicted octanol–water partition coefficient (Wildman–Crippen LogP) is 8.14. The van der Waals surface area contributed by atoms with Crippen molar-refractivity contribution in [2.24, 2.45) is 0 Å². The number of carbonyl (C=O) groups is 3. The molecule has 3 aliphatic heterocycles. The monoisotopic (exact) mass is 1060 g/mol. The fourth-order valence-electron chi connectivity index (χ4n) is 9.68. The van der Waals surface area contributed by atoms with Crippen molar-refractivity contribution in [3.8, 4) is 11.8 Å². The van der Waals surface area contributed by atoms with E-state index in [9.17, 15) is 37.6 Å². The summed E-state index contributed by atoms with van der Waals surface area (Å²) in [5.74, 6) is -1.20. The van der Waals surface area contributed by atoms with Gasteiger partial charge in [-0.25, -0.2) is 15.3 Å². The number of hydrogen-bond donors (Lipinski definition) is 7. The minimum Gasteiger partial charge on any atom is -0.492 e. The zero-order valence-electron chi connectivity index (χ0n) is 40.3. The van der Waals surface area contributed by atoms with E-state index in [-0.39, 0.29) is 36.1 Å². The maximum Gasteiger partial charge on any atom is 0.333 e. The van der Waals surface area contributed by atoms with Crippen LogP contribution >= 0.6 is 24.1 Å². The maximum atomic E-state index is 12.9. The van der Waals surface area contributed by atoms with Gasteiger partial charge in [0.05, 0.1) is 22.4 Å². The van der Waals surface area contributed by atoms with Crippen LogP contribution in [0.3, 0.4) is 0 Å². The molecular formula is C49H64N5O15S3+. The van der Waals surface area contributed by atoms with Crippen LogP contribution < -0.4 is 20.4 Å². The van der Waals surface area contributed by atoms with Gasteiger partial charge in [-0.3, -0.25) is 14.1 Å². The Morgan fingerprint density at radius 2 is 1.54 bits per heavy atom. The molecule has 2 unspecified atom stereocenters. The number of nitrogens with zero attached hydrogens (tertiary/aromatic N) is 3. The molecule has 7 N–H and O–H groups in total. The molecule has 0 saturated carbocycles. The van der Waals surface area contributed by atoms with Gasteiger partial charge in [-0.05, 0) is 94.3 Å². The summed E-state index contributed by atoms with van der Waals surface area (Å²) in [5, 5.41) is 51.0. The molecule has 0 spiro atoms. The molecule has 1 aromatic heterocycles. The molecule has 2 amide bonds. The van der Waals surface area contributed by atoms with Gasteiger partial charge in [-0.1, -0.05) is 54.0 Å². The first-order valence-electron chi connectivity index (χ1n) is 23.9. The molecule has 0 radical (unpaired) electrons. The Balaban J connectivity index is 1.35. The Morgan fingerprint density at radius 3 is 2.25 bits per heavy atom. The molecule has 4 heterocycles. The molecule has 0 aliphatic carbocycles. The van der Waals surface area contributed by atoms with Crippen LogP contribution in [-0.2, 0) is 54.1 Å². The number of amides is 2. The molecule has 2 aromatic carbocycles. The van der Waals surface area contributed by atoms with Gasteiger partial charge < -0.3 is 30.6 Å². The lowest BCUT2D eigenvalue weighted by Crippen LogP contribution is -2.34. The Bertz CT molecular complexity index is 2600. The fraction of sp³-hybridized carbons (Fsp3) is 0.469. The van der Waals surface area contributed by atoms with E-state index < -0.39 is 38.7 Å². The van der Waals surface area contributed by atoms with Crippen LogP contribution in [0.1, 0.15) is 115 Å². The fourth-order valence-corrected chi connectivity index (χ4v) is 10.9. The van der Waals surface area contributed by atoms with Crippen LogP contribution in [0.25, 0.3) is 0 Å². The first-order chi connectivity index (χ1) is 34.6. The number of aromatic hydroxyl groups is 2. The second-order valence-corrected chi connectivity index (χ2v) is 21.1. The molecule has 0 bridgehead atoms. The third-order valence-electron chi connectivity index (χ3n) is 13.2. The minimum absolute atomic E-state index is 0.0520. The Hall–Kier alpha value is -5.21. The van der Waals surface area contributed by atoms with Gasteiger partial charge in [0.15, 0.2) is 5.71 Å². The standard InChI is InChI=1S/C49H63N5O15S3/c1-48(26-11-4-9-19-47(59)65-54-45(57)24-25-46(54)58)37-33-35(71-69-67-61)20-22-39(37)52-30-13-5-8-17-43(55)50-28-29-51-44(56)18-10-12-27-49(2)38-34-36(72(62,63)64)21-23-40(38)53(31-14-32-70-68-66-60)42(49)16-7-3-6-15-41(48)52/h3,6-7,15-16,20-25,33-34H,4-5,8-14,17-19,26-32H2,1-2H3,(H6-,50,51,55,56,57,58,60,61,62,63,64)/p+1. The third-order valence-corrected chi connectivity index (χ3v) is 15.3. The molecular weight excluding hydrogens is 995 g/mol. The zero-order valence-corrected chi connectivity index (χ0v) is 42.8. The van der Waals surface area contributed by atoms with Gasteiger partial charge in [-0.15, -0.1) is 13.4 Å². The van der Waals surface area contributed by atoms with Crippen LogP contribution in [0.5, 0.6) is 11.8 Å². The molecule has 3 aromatic rings. The van der Waals surface area contributed by atoms with Gasteiger partial charge in [0.2, 0.25) is 29.3 Å². The van der Waals surface area contributed by atoms with Crippen LogP contribution in [0.4, 0.5) is 11.4 Å². The van der Waals surface area contributed by atoms with Gasteiger partial charge in [0, 0.05) is 115 Å². The molecule has 392 valence electrons. The van der Waals surface area contributed by atoms with Gasteiger partial charge >= 0.3 is 5.97 Å². The van der Waals surface area contributed by atoms with E-state index >= 15 is 0 Å². The van der Waals surface area contributed by atoms with Gasteiger partial charge in [-0.2, -0.15) is 13.0 Å². The average molecular weight is 1060 g/mol. The van der Waals surface area contributed by atoms with E-state index in [1.165, 1.54) is 24.3 Å². The second-order valence-electron chi connectivity index (χ2n) is 18.1. The lowest BCUT2D eigenvalue weighted by Gasteiger charge is -2.30. The molecule has 0 saturated heterocycles. The van der Waals surface area contributed by atoms with Gasteiger partial charge in [0.1, 0.15) is 6.54 Å². The number of nitrogens with one attached hydrogen (secondary N) is 2. The molecule has 2 atom stereocenters. The molecule has 20 nitrogen and oxygen atoms in total. The quantitative estimate of drug-likeness (QED) is 0.0168. The summed E-state index contributed by atoms with van der Waals surface area (Å²) in [5.41, 5.74) is 3.98. The van der Waals surface area contributed by atoms with E-state index in [2.05, 4.69) is 47.5 Å². The molecule has 0 fully saturated rings. The highest BCUT2D eigenvalue weighted by atomic mass is 32.2. The van der Waals surface area contributed by atoms with Crippen molar-refractivity contribution in [1.82, 2.24) is 15.4 Å². The summed E-state index contributed by atoms with van der Waals surface area (Å²) in [7, 11) is -4.55. The summed E-state index contributed by atoms with van der Waals surface area (Å²) in [4.78, 5) is 46.2. The van der Waals surface area contributed by atoms with E-state index in [1.54, 1.807) is 6.07 Å². The van der Waals surface area contributed by atoms with Crippen LogP contribution in [-0.4, -0.2) is 98.4 Å². The molecule has 3 aliphatic rings. The summed E-state index contributed by atoms with van der Waals surface area (Å²) in [6.45, 7) is 5.87. The number of rotatable bonds is 17. The number of carbonyl (C=O) groups excluding carboxylic acids is 3. The third kappa shape index (κ3) is 14.5. The van der Waals surface area contributed by atoms with Crippen molar-refractivity contribution in [1.29, 1.82) is 0 Å². The number of benzene rings is 2. The summed E-state index contributed by atoms with van der Waals surface area (Å²) >= 11 is 1.79. The van der Waals surface area contributed by atoms with Crippen LogP contribution in [0.15, 0.2) is 94.4 Å². The number of unbranched alkanes of at least 4 members (excludes halogenated alkanes) is 2. The second kappa shape index (κ2) is 26.7. The van der Waals surface area contributed by atoms with Gasteiger partial charge in [0.25, 0.3) is 10.1 Å². The number of fused-ring (bicyclic) bond motifs is 6. The lowest BCUT2D eigenvalue weighted by molar-refractivity contribution is -0.438. The number of anilines is 1. The smallest absolute Gasteiger partial charge is 0.333 e. The first kappa shape index (κ1) is 56.1. The topological polar surface area (TPSA) is 268 Å². The number of aromatic nitrogens is 1. The average Bonchev–Trinajstić information content (AvgIpc) is 3.88. The molecule has 6 rings (SSSR count). The highest BCUT2D eigenvalue weighted by molar-refractivity contribution is 7.94. The normalized spacial score (nSPS) is 20.5. The van der Waals surface area contributed by atoms with Crippen LogP contribution in [0.2, 0.25) is 0 Å². The highest BCUT2D eigenvalue weighted by Gasteiger charge is 2.48. The summed E-state index contributed by atoms with van der Waals surface area (Å²) in [6.07, 6.45) is 17.5. The molecule has 72 heavy (non-hydrogen) atoms. The van der Waals surface area contributed by atoms with Crippen LogP contribution in [0, 0.1) is 0 Å². The van der Waals surface area contributed by atoms with E-state index in [1.807, 2.05) is 49.4 Å². The minimum atomic E-state index is -4.55. The van der Waals surface area contributed by atoms with E-state index in [0.717, 1.165) is 65.3 Å².